The number of hydrogen-bond acceptors (Lipinski definition) is 3. The number of para-hydroxylation sites is 3. The summed E-state index contributed by atoms with van der Waals surface area (Å²) in [5.41, 5.74) is 14.3. The molecule has 13 rings (SSSR count). The number of aromatic nitrogens is 5. The molecule has 5 nitrogen and oxygen atoms in total. The summed E-state index contributed by atoms with van der Waals surface area (Å²) < 4.78 is 4.57. The number of nitrogens with zero attached hydrogens (tertiary/aromatic N) is 5. The molecule has 0 saturated heterocycles. The zero-order valence-electron chi connectivity index (χ0n) is 34.1. The van der Waals surface area contributed by atoms with E-state index in [2.05, 4.69) is 215 Å². The molecule has 0 unspecified atom stereocenters. The maximum Gasteiger partial charge on any atom is 0.238 e. The summed E-state index contributed by atoms with van der Waals surface area (Å²) in [6.45, 7) is 0. The van der Waals surface area contributed by atoms with Crippen LogP contribution in [0.3, 0.4) is 0 Å². The van der Waals surface area contributed by atoms with E-state index in [9.17, 15) is 0 Å². The maximum absolute atomic E-state index is 5.36. The van der Waals surface area contributed by atoms with Crippen molar-refractivity contribution in [2.24, 2.45) is 0 Å². The Balaban J connectivity index is 1.05. The molecule has 9 aromatic carbocycles. The predicted octanol–water partition coefficient (Wildman–Crippen LogP) is 13.8. The second-order valence-corrected chi connectivity index (χ2v) is 16.4. The Morgan fingerprint density at radius 1 is 0.317 bits per heavy atom. The highest BCUT2D eigenvalue weighted by molar-refractivity contribution is 6.12. The Hall–Kier alpha value is -8.41. The van der Waals surface area contributed by atoms with E-state index in [0.29, 0.717) is 17.6 Å². The van der Waals surface area contributed by atoms with E-state index in [0.717, 1.165) is 38.6 Å². The summed E-state index contributed by atoms with van der Waals surface area (Å²) in [6, 6.07) is 80.4. The zero-order chi connectivity index (χ0) is 41.5. The average molecular weight is 804 g/mol. The largest absolute Gasteiger partial charge is 0.309 e. The van der Waals surface area contributed by atoms with Crippen LogP contribution in [0.15, 0.2) is 224 Å². The lowest BCUT2D eigenvalue weighted by Crippen LogP contribution is -2.28. The first-order valence-corrected chi connectivity index (χ1v) is 21.5. The van der Waals surface area contributed by atoms with Gasteiger partial charge in [-0.05, 0) is 88.0 Å². The van der Waals surface area contributed by atoms with Crippen LogP contribution in [0.1, 0.15) is 22.3 Å². The molecule has 0 spiro atoms. The fraction of sp³-hybridized carbons (Fsp3) is 0.0172. The van der Waals surface area contributed by atoms with E-state index >= 15 is 0 Å². The van der Waals surface area contributed by atoms with Crippen LogP contribution in [-0.4, -0.2) is 24.1 Å². The Bertz CT molecular complexity index is 3630. The first-order chi connectivity index (χ1) is 31.3. The molecule has 12 aromatic rings. The second kappa shape index (κ2) is 13.8. The molecule has 0 N–H and O–H groups in total. The van der Waals surface area contributed by atoms with Gasteiger partial charge in [0.15, 0.2) is 11.6 Å². The van der Waals surface area contributed by atoms with Crippen molar-refractivity contribution in [2.45, 2.75) is 5.41 Å². The van der Waals surface area contributed by atoms with Crippen molar-refractivity contribution in [3.05, 3.63) is 247 Å². The molecule has 0 radical (unpaired) electrons. The Labute approximate surface area is 363 Å². The minimum absolute atomic E-state index is 0.516. The number of fused-ring (bicyclic) bond motifs is 9. The van der Waals surface area contributed by atoms with E-state index in [1.807, 2.05) is 18.2 Å². The van der Waals surface area contributed by atoms with Crippen molar-refractivity contribution >= 4 is 43.6 Å². The van der Waals surface area contributed by atoms with Crippen LogP contribution in [0.2, 0.25) is 0 Å². The van der Waals surface area contributed by atoms with Gasteiger partial charge in [0.1, 0.15) is 0 Å². The van der Waals surface area contributed by atoms with Gasteiger partial charge in [0.25, 0.3) is 0 Å². The standard InChI is InChI=1S/C58H37N5/c1-4-18-38(19-5-1)55-59-56(39-32-34-42(35-33-39)62-51-29-15-11-25-44(51)45-26-12-16-30-52(45)62)61-57(60-55)63-53-31-17-13-27-46(53)48-36-50-47(37-54(48)63)43-24-10-14-28-49(43)58(50,40-20-6-2-7-21-40)41-22-8-3-9-23-41/h1-37H. The molecule has 0 amide bonds. The van der Waals surface area contributed by atoms with Gasteiger partial charge in [-0.2, -0.15) is 9.97 Å². The normalized spacial score (nSPS) is 12.9. The highest BCUT2D eigenvalue weighted by atomic mass is 15.2. The zero-order valence-corrected chi connectivity index (χ0v) is 34.1. The van der Waals surface area contributed by atoms with Crippen molar-refractivity contribution in [3.63, 3.8) is 0 Å². The van der Waals surface area contributed by atoms with Gasteiger partial charge in [0.05, 0.1) is 27.5 Å². The molecule has 1 aliphatic carbocycles. The highest BCUT2D eigenvalue weighted by Gasteiger charge is 2.46. The third-order valence-corrected chi connectivity index (χ3v) is 13.1. The SMILES string of the molecule is c1ccc(-c2nc(-c3ccc(-n4c5ccccc5c5ccccc54)cc3)nc(-n3c4ccccc4c4cc5c(cc43)-c3ccccc3C5(c3ccccc3)c3ccccc3)n2)cc1. The van der Waals surface area contributed by atoms with Gasteiger partial charge in [-0.1, -0.05) is 170 Å². The van der Waals surface area contributed by atoms with E-state index in [-0.39, 0.29) is 0 Å². The molecule has 0 aliphatic heterocycles. The van der Waals surface area contributed by atoms with E-state index in [1.54, 1.807) is 0 Å². The number of rotatable bonds is 6. The van der Waals surface area contributed by atoms with Crippen molar-refractivity contribution in [1.29, 1.82) is 0 Å². The molecule has 3 heterocycles. The van der Waals surface area contributed by atoms with E-state index < -0.39 is 5.41 Å². The molecular weight excluding hydrogens is 767 g/mol. The molecule has 63 heavy (non-hydrogen) atoms. The minimum atomic E-state index is -0.516. The van der Waals surface area contributed by atoms with Crippen LogP contribution in [0, 0.1) is 0 Å². The van der Waals surface area contributed by atoms with Gasteiger partial charge in [-0.3, -0.25) is 4.57 Å². The first kappa shape index (κ1) is 35.4. The van der Waals surface area contributed by atoms with Gasteiger partial charge in [-0.15, -0.1) is 0 Å². The van der Waals surface area contributed by atoms with Gasteiger partial charge in [0, 0.05) is 38.4 Å². The monoisotopic (exact) mass is 803 g/mol. The summed E-state index contributed by atoms with van der Waals surface area (Å²) in [5, 5.41) is 4.75. The Kier molecular flexibility index (Phi) is 7.75. The van der Waals surface area contributed by atoms with Crippen molar-refractivity contribution in [2.75, 3.05) is 0 Å². The van der Waals surface area contributed by atoms with Gasteiger partial charge < -0.3 is 4.57 Å². The highest BCUT2D eigenvalue weighted by Crippen LogP contribution is 2.57. The van der Waals surface area contributed by atoms with Crippen molar-refractivity contribution in [1.82, 2.24) is 24.1 Å². The van der Waals surface area contributed by atoms with Crippen LogP contribution in [0.4, 0.5) is 0 Å². The average Bonchev–Trinajstić information content (AvgIpc) is 3.98. The van der Waals surface area contributed by atoms with E-state index in [1.165, 1.54) is 55.2 Å². The molecule has 294 valence electrons. The molecule has 0 fully saturated rings. The van der Waals surface area contributed by atoms with Gasteiger partial charge >= 0.3 is 0 Å². The predicted molar refractivity (Wildman–Crippen MR) is 257 cm³/mol. The van der Waals surface area contributed by atoms with Crippen LogP contribution in [0.5, 0.6) is 0 Å². The smallest absolute Gasteiger partial charge is 0.238 e. The van der Waals surface area contributed by atoms with Crippen LogP contribution in [-0.2, 0) is 5.41 Å². The molecule has 1 aliphatic rings. The Morgan fingerprint density at radius 3 is 1.40 bits per heavy atom. The lowest BCUT2D eigenvalue weighted by Gasteiger charge is -2.33. The molecule has 5 heteroatoms. The topological polar surface area (TPSA) is 48.5 Å². The lowest BCUT2D eigenvalue weighted by atomic mass is 9.67. The number of hydrogen-bond donors (Lipinski definition) is 0. The summed E-state index contributed by atoms with van der Waals surface area (Å²) in [6.07, 6.45) is 0. The third kappa shape index (κ3) is 5.20. The van der Waals surface area contributed by atoms with E-state index in [4.69, 9.17) is 15.0 Å². The summed E-state index contributed by atoms with van der Waals surface area (Å²) in [5.74, 6) is 1.80. The van der Waals surface area contributed by atoms with Gasteiger partial charge in [0.2, 0.25) is 5.95 Å². The van der Waals surface area contributed by atoms with Crippen LogP contribution in [0.25, 0.3) is 89.2 Å². The van der Waals surface area contributed by atoms with Crippen LogP contribution >= 0.6 is 0 Å². The molecule has 3 aromatic heterocycles. The van der Waals surface area contributed by atoms with Crippen LogP contribution < -0.4 is 0 Å². The third-order valence-electron chi connectivity index (χ3n) is 13.1. The quantitative estimate of drug-likeness (QED) is 0.168. The molecular formula is C58H37N5. The van der Waals surface area contributed by atoms with Crippen molar-refractivity contribution in [3.8, 4) is 45.5 Å². The second-order valence-electron chi connectivity index (χ2n) is 16.4. The first-order valence-electron chi connectivity index (χ1n) is 21.5. The molecule has 0 atom stereocenters. The van der Waals surface area contributed by atoms with Crippen molar-refractivity contribution < 1.29 is 0 Å². The fourth-order valence-electron chi connectivity index (χ4n) is 10.4. The molecule has 0 saturated carbocycles. The lowest BCUT2D eigenvalue weighted by molar-refractivity contribution is 0.769. The fourth-order valence-corrected chi connectivity index (χ4v) is 10.4. The summed E-state index contributed by atoms with van der Waals surface area (Å²) in [7, 11) is 0. The Morgan fingerprint density at radius 2 is 0.794 bits per heavy atom. The minimum Gasteiger partial charge on any atom is -0.309 e. The summed E-state index contributed by atoms with van der Waals surface area (Å²) in [4.78, 5) is 15.8. The molecule has 0 bridgehead atoms. The van der Waals surface area contributed by atoms with Gasteiger partial charge in [-0.25, -0.2) is 4.98 Å². The number of benzene rings is 9. The maximum atomic E-state index is 5.36. The summed E-state index contributed by atoms with van der Waals surface area (Å²) >= 11 is 0.